The van der Waals surface area contributed by atoms with E-state index in [1.807, 2.05) is 0 Å². The number of amides is 2. The largest absolute Gasteiger partial charge is 0.354 e. The van der Waals surface area contributed by atoms with Crippen molar-refractivity contribution in [3.05, 3.63) is 36.9 Å². The van der Waals surface area contributed by atoms with Crippen LogP contribution in [0.3, 0.4) is 0 Å². The van der Waals surface area contributed by atoms with Gasteiger partial charge >= 0.3 is 0 Å². The Balaban J connectivity index is 1.32. The number of benzene rings is 1. The molecule has 1 saturated carbocycles. The predicted octanol–water partition coefficient (Wildman–Crippen LogP) is 3.91. The van der Waals surface area contributed by atoms with Gasteiger partial charge in [-0.05, 0) is 86.1 Å². The molecule has 198 valence electrons. The van der Waals surface area contributed by atoms with Crippen LogP contribution in [-0.2, 0) is 24.3 Å². The minimum atomic E-state index is -3.69. The van der Waals surface area contributed by atoms with Gasteiger partial charge in [-0.25, -0.2) is 8.42 Å². The van der Waals surface area contributed by atoms with E-state index >= 15 is 0 Å². The van der Waals surface area contributed by atoms with Crippen LogP contribution >= 0.6 is 0 Å². The lowest BCUT2D eigenvalue weighted by Crippen LogP contribution is -2.45. The molecule has 3 atom stereocenters. The monoisotopic (exact) mass is 517 g/mol. The molecule has 1 aliphatic carbocycles. The second-order valence-corrected chi connectivity index (χ2v) is 13.4. The van der Waals surface area contributed by atoms with Gasteiger partial charge in [-0.3, -0.25) is 9.59 Å². The molecule has 2 heterocycles. The van der Waals surface area contributed by atoms with E-state index in [1.165, 1.54) is 10.4 Å². The van der Waals surface area contributed by atoms with Crippen molar-refractivity contribution in [3.8, 4) is 0 Å². The molecule has 0 radical (unpaired) electrons. The average molecular weight is 518 g/mol. The van der Waals surface area contributed by atoms with Gasteiger partial charge < -0.3 is 15.4 Å². The molecular weight excluding hydrogens is 478 g/mol. The maximum atomic E-state index is 13.3. The summed E-state index contributed by atoms with van der Waals surface area (Å²) in [6, 6.07) is 6.42. The van der Waals surface area contributed by atoms with Crippen molar-refractivity contribution in [1.29, 1.82) is 0 Å². The van der Waals surface area contributed by atoms with Crippen LogP contribution in [0.15, 0.2) is 41.8 Å². The van der Waals surface area contributed by atoms with Gasteiger partial charge in [0.15, 0.2) is 0 Å². The van der Waals surface area contributed by atoms with Crippen LogP contribution in [0.5, 0.6) is 0 Å². The smallest absolute Gasteiger partial charge is 0.245 e. The molecular formula is C27H39N3O5S. The molecule has 1 aromatic rings. The fourth-order valence-electron chi connectivity index (χ4n) is 5.76. The molecule has 2 amide bonds. The van der Waals surface area contributed by atoms with E-state index in [9.17, 15) is 18.0 Å². The van der Waals surface area contributed by atoms with Crippen molar-refractivity contribution in [3.63, 3.8) is 0 Å². The average Bonchev–Trinajstić information content (AvgIpc) is 3.25. The minimum Gasteiger partial charge on any atom is -0.354 e. The number of nitrogens with zero attached hydrogens (tertiary/aromatic N) is 1. The van der Waals surface area contributed by atoms with E-state index in [0.29, 0.717) is 31.0 Å². The minimum absolute atomic E-state index is 0.000180. The van der Waals surface area contributed by atoms with Gasteiger partial charge in [0.25, 0.3) is 0 Å². The van der Waals surface area contributed by atoms with E-state index in [4.69, 9.17) is 4.74 Å². The number of hydrogen-bond acceptors (Lipinski definition) is 5. The summed E-state index contributed by atoms with van der Waals surface area (Å²) in [6.07, 6.45) is 5.76. The van der Waals surface area contributed by atoms with Crippen molar-refractivity contribution in [1.82, 2.24) is 9.62 Å². The summed E-state index contributed by atoms with van der Waals surface area (Å²) >= 11 is 0. The number of fused-ring (bicyclic) bond motifs is 1. The summed E-state index contributed by atoms with van der Waals surface area (Å²) in [7, 11) is -3.69. The number of sulfonamides is 1. The van der Waals surface area contributed by atoms with E-state index in [0.717, 1.165) is 25.7 Å². The standard InChI is InChI=1S/C27H39N3O5S/c1-5-24(31)29-25-16-19-14-15-30(17-23(19)35-25)36(33,34)22-12-10-21(11-13-22)28-26(32)18-6-8-20(9-7-18)27(2,3)4/h5,10-13,18-20,23,25H,1,6-9,14-17H2,2-4H3,(H,28,32)(H,29,31). The Labute approximate surface area is 214 Å². The number of hydrogen-bond donors (Lipinski definition) is 2. The predicted molar refractivity (Wildman–Crippen MR) is 138 cm³/mol. The van der Waals surface area contributed by atoms with Crippen LogP contribution in [0, 0.1) is 23.2 Å². The Morgan fingerprint density at radius 2 is 1.75 bits per heavy atom. The molecule has 9 heteroatoms. The summed E-state index contributed by atoms with van der Waals surface area (Å²) in [6.45, 7) is 10.9. The summed E-state index contributed by atoms with van der Waals surface area (Å²) in [4.78, 5) is 24.6. The van der Waals surface area contributed by atoms with E-state index in [2.05, 4.69) is 38.0 Å². The maximum Gasteiger partial charge on any atom is 0.245 e. The number of carbonyl (C=O) groups excluding carboxylic acids is 2. The Morgan fingerprint density at radius 1 is 1.08 bits per heavy atom. The normalized spacial score (nSPS) is 29.2. The van der Waals surface area contributed by atoms with E-state index < -0.39 is 16.3 Å². The zero-order valence-corrected chi connectivity index (χ0v) is 22.4. The molecule has 4 rings (SSSR count). The first-order valence-electron chi connectivity index (χ1n) is 13.0. The van der Waals surface area contributed by atoms with Gasteiger partial charge in [0.2, 0.25) is 21.8 Å². The van der Waals surface area contributed by atoms with Crippen molar-refractivity contribution < 1.29 is 22.7 Å². The van der Waals surface area contributed by atoms with Crippen molar-refractivity contribution in [2.75, 3.05) is 18.4 Å². The van der Waals surface area contributed by atoms with E-state index in [1.54, 1.807) is 24.3 Å². The zero-order chi connectivity index (χ0) is 26.1. The van der Waals surface area contributed by atoms with Crippen LogP contribution in [-0.4, -0.2) is 50.0 Å². The Morgan fingerprint density at radius 3 is 2.36 bits per heavy atom. The highest BCUT2D eigenvalue weighted by molar-refractivity contribution is 7.89. The van der Waals surface area contributed by atoms with Crippen molar-refractivity contribution in [2.45, 2.75) is 76.5 Å². The topological polar surface area (TPSA) is 105 Å². The van der Waals surface area contributed by atoms with Gasteiger partial charge in [0.1, 0.15) is 6.23 Å². The number of ether oxygens (including phenoxy) is 1. The summed E-state index contributed by atoms with van der Waals surface area (Å²) in [5.41, 5.74) is 0.876. The van der Waals surface area contributed by atoms with Crippen molar-refractivity contribution in [2.24, 2.45) is 23.2 Å². The number of anilines is 1. The quantitative estimate of drug-likeness (QED) is 0.557. The highest BCUT2D eigenvalue weighted by Crippen LogP contribution is 2.40. The molecule has 3 aliphatic rings. The van der Waals surface area contributed by atoms with Gasteiger partial charge in [-0.2, -0.15) is 4.31 Å². The lowest BCUT2D eigenvalue weighted by molar-refractivity contribution is -0.121. The number of piperidine rings is 1. The second kappa shape index (κ2) is 10.6. The van der Waals surface area contributed by atoms with Gasteiger partial charge in [0, 0.05) is 24.7 Å². The van der Waals surface area contributed by atoms with Crippen LogP contribution in [0.4, 0.5) is 5.69 Å². The summed E-state index contributed by atoms with van der Waals surface area (Å²) < 4.78 is 33.9. The fourth-order valence-corrected chi connectivity index (χ4v) is 7.22. The van der Waals surface area contributed by atoms with E-state index in [-0.39, 0.29) is 46.6 Å². The molecule has 3 unspecified atom stereocenters. The maximum absolute atomic E-state index is 13.3. The Hall–Kier alpha value is -2.23. The molecule has 0 spiro atoms. The number of carbonyl (C=O) groups is 2. The molecule has 2 saturated heterocycles. The van der Waals surface area contributed by atoms with Gasteiger partial charge in [-0.1, -0.05) is 27.4 Å². The molecule has 0 aromatic heterocycles. The lowest BCUT2D eigenvalue weighted by Gasteiger charge is -2.36. The van der Waals surface area contributed by atoms with Crippen LogP contribution in [0.25, 0.3) is 0 Å². The third-order valence-corrected chi connectivity index (χ3v) is 9.96. The first-order valence-corrected chi connectivity index (χ1v) is 14.4. The van der Waals surface area contributed by atoms with Crippen LogP contribution in [0.1, 0.15) is 59.3 Å². The molecule has 3 fully saturated rings. The molecule has 2 N–H and O–H groups in total. The second-order valence-electron chi connectivity index (χ2n) is 11.5. The highest BCUT2D eigenvalue weighted by Gasteiger charge is 2.42. The highest BCUT2D eigenvalue weighted by atomic mass is 32.2. The fraction of sp³-hybridized carbons (Fsp3) is 0.630. The summed E-state index contributed by atoms with van der Waals surface area (Å²) in [5, 5.41) is 5.71. The van der Waals surface area contributed by atoms with Gasteiger partial charge in [-0.15, -0.1) is 0 Å². The van der Waals surface area contributed by atoms with Crippen LogP contribution in [0.2, 0.25) is 0 Å². The Kier molecular flexibility index (Phi) is 7.92. The molecule has 8 nitrogen and oxygen atoms in total. The van der Waals surface area contributed by atoms with Crippen molar-refractivity contribution >= 4 is 27.5 Å². The van der Waals surface area contributed by atoms with Gasteiger partial charge in [0.05, 0.1) is 11.0 Å². The first-order chi connectivity index (χ1) is 17.0. The lowest BCUT2D eigenvalue weighted by atomic mass is 9.69. The molecule has 0 bridgehead atoms. The third kappa shape index (κ3) is 6.01. The van der Waals surface area contributed by atoms with Crippen LogP contribution < -0.4 is 10.6 Å². The number of rotatable bonds is 6. The Bertz CT molecular complexity index is 1070. The molecule has 1 aromatic carbocycles. The number of nitrogens with one attached hydrogen (secondary N) is 2. The third-order valence-electron chi connectivity index (χ3n) is 8.09. The SMILES string of the molecule is C=CC(=O)NC1CC2CCN(S(=O)(=O)c3ccc(NC(=O)C4CCC(C(C)(C)C)CC4)cc3)CC2O1. The zero-order valence-electron chi connectivity index (χ0n) is 21.5. The first kappa shape index (κ1) is 26.8. The molecule has 36 heavy (non-hydrogen) atoms. The summed E-state index contributed by atoms with van der Waals surface area (Å²) in [5.74, 6) is 0.564. The molecule has 2 aliphatic heterocycles.